The molecular formula is C7H9N2O. The normalized spacial score (nSPS) is 16.9. The smallest absolute Gasteiger partial charge is 0.180 e. The second-order valence-corrected chi connectivity index (χ2v) is 2.26. The van der Waals surface area contributed by atoms with Gasteiger partial charge in [-0.25, -0.2) is 10.3 Å². The number of allylic oxidation sites excluding steroid dienone is 2. The molecule has 1 rings (SSSR count). The SMILES string of the molecule is CC(=O)C1=C(C)N=C(C)[N]1. The van der Waals surface area contributed by atoms with Crippen molar-refractivity contribution in [3.05, 3.63) is 11.4 Å². The van der Waals surface area contributed by atoms with Crippen LogP contribution in [-0.4, -0.2) is 11.6 Å². The van der Waals surface area contributed by atoms with Crippen molar-refractivity contribution in [1.29, 1.82) is 0 Å². The molecule has 1 heterocycles. The van der Waals surface area contributed by atoms with Crippen LogP contribution < -0.4 is 5.32 Å². The van der Waals surface area contributed by atoms with Crippen molar-refractivity contribution >= 4 is 11.6 Å². The molecule has 3 heteroatoms. The van der Waals surface area contributed by atoms with Crippen molar-refractivity contribution in [2.24, 2.45) is 4.99 Å². The van der Waals surface area contributed by atoms with E-state index in [1.165, 1.54) is 6.92 Å². The minimum atomic E-state index is -0.0156. The molecule has 0 N–H and O–H groups in total. The Bertz CT molecular complexity index is 238. The molecule has 0 spiro atoms. The molecular weight excluding hydrogens is 128 g/mol. The topological polar surface area (TPSA) is 43.5 Å². The van der Waals surface area contributed by atoms with E-state index in [1.54, 1.807) is 13.8 Å². The Morgan fingerprint density at radius 2 is 2.00 bits per heavy atom. The summed E-state index contributed by atoms with van der Waals surface area (Å²) in [6, 6.07) is 0. The number of hydrogen-bond donors (Lipinski definition) is 0. The van der Waals surface area contributed by atoms with Crippen molar-refractivity contribution < 1.29 is 4.79 Å². The summed E-state index contributed by atoms with van der Waals surface area (Å²) < 4.78 is 0. The van der Waals surface area contributed by atoms with Gasteiger partial charge in [-0.15, -0.1) is 0 Å². The molecule has 53 valence electrons. The van der Waals surface area contributed by atoms with E-state index in [0.29, 0.717) is 11.5 Å². The summed E-state index contributed by atoms with van der Waals surface area (Å²) in [5.41, 5.74) is 1.22. The number of ketones is 1. The average Bonchev–Trinajstić information content (AvgIpc) is 2.10. The molecule has 0 bridgehead atoms. The van der Waals surface area contributed by atoms with Gasteiger partial charge >= 0.3 is 0 Å². The van der Waals surface area contributed by atoms with E-state index in [9.17, 15) is 4.79 Å². The number of hydrogen-bond acceptors (Lipinski definition) is 2. The predicted octanol–water partition coefficient (Wildman–Crippen LogP) is 0.843. The molecule has 0 amide bonds. The molecule has 1 aliphatic rings. The highest BCUT2D eigenvalue weighted by molar-refractivity contribution is 6.01. The van der Waals surface area contributed by atoms with E-state index in [2.05, 4.69) is 10.3 Å². The van der Waals surface area contributed by atoms with Crippen LogP contribution >= 0.6 is 0 Å². The highest BCUT2D eigenvalue weighted by Crippen LogP contribution is 2.11. The minimum Gasteiger partial charge on any atom is -0.293 e. The Morgan fingerprint density at radius 1 is 1.40 bits per heavy atom. The zero-order chi connectivity index (χ0) is 7.72. The Balaban J connectivity index is 2.86. The number of rotatable bonds is 1. The molecule has 0 aromatic carbocycles. The van der Waals surface area contributed by atoms with Gasteiger partial charge in [0.1, 0.15) is 11.5 Å². The monoisotopic (exact) mass is 137 g/mol. The Hall–Kier alpha value is -1.12. The van der Waals surface area contributed by atoms with Gasteiger partial charge in [-0.05, 0) is 13.8 Å². The molecule has 0 aliphatic carbocycles. The summed E-state index contributed by atoms with van der Waals surface area (Å²) in [7, 11) is 0. The summed E-state index contributed by atoms with van der Waals surface area (Å²) in [6.45, 7) is 5.06. The lowest BCUT2D eigenvalue weighted by molar-refractivity contribution is -0.113. The van der Waals surface area contributed by atoms with Crippen LogP contribution in [0.2, 0.25) is 0 Å². The van der Waals surface area contributed by atoms with Crippen LogP contribution in [0, 0.1) is 0 Å². The molecule has 0 unspecified atom stereocenters. The van der Waals surface area contributed by atoms with E-state index < -0.39 is 0 Å². The molecule has 0 aromatic heterocycles. The number of carbonyl (C=O) groups excluding carboxylic acids is 1. The van der Waals surface area contributed by atoms with E-state index in [4.69, 9.17) is 0 Å². The Labute approximate surface area is 59.8 Å². The fraction of sp³-hybridized carbons (Fsp3) is 0.429. The summed E-state index contributed by atoms with van der Waals surface area (Å²) in [5, 5.41) is 3.95. The van der Waals surface area contributed by atoms with Gasteiger partial charge in [0.15, 0.2) is 5.78 Å². The van der Waals surface area contributed by atoms with Crippen LogP contribution in [0.4, 0.5) is 0 Å². The highest BCUT2D eigenvalue weighted by Gasteiger charge is 2.15. The third kappa shape index (κ3) is 1.07. The molecule has 0 aromatic rings. The largest absolute Gasteiger partial charge is 0.293 e. The van der Waals surface area contributed by atoms with Crippen LogP contribution in [0.1, 0.15) is 20.8 Å². The zero-order valence-corrected chi connectivity index (χ0v) is 6.30. The van der Waals surface area contributed by atoms with Crippen LogP contribution in [-0.2, 0) is 4.79 Å². The zero-order valence-electron chi connectivity index (χ0n) is 6.30. The van der Waals surface area contributed by atoms with Gasteiger partial charge in [0.25, 0.3) is 0 Å². The predicted molar refractivity (Wildman–Crippen MR) is 38.6 cm³/mol. The first-order valence-corrected chi connectivity index (χ1v) is 3.10. The van der Waals surface area contributed by atoms with Crippen molar-refractivity contribution in [2.45, 2.75) is 20.8 Å². The molecule has 1 radical (unpaired) electrons. The second-order valence-electron chi connectivity index (χ2n) is 2.26. The van der Waals surface area contributed by atoms with E-state index in [0.717, 1.165) is 5.70 Å². The minimum absolute atomic E-state index is 0.0156. The lowest BCUT2D eigenvalue weighted by Crippen LogP contribution is -2.11. The van der Waals surface area contributed by atoms with Gasteiger partial charge in [-0.1, -0.05) is 0 Å². The quantitative estimate of drug-likeness (QED) is 0.528. The molecule has 1 aliphatic heterocycles. The maximum atomic E-state index is 10.8. The van der Waals surface area contributed by atoms with Crippen molar-refractivity contribution in [2.75, 3.05) is 0 Å². The Kier molecular flexibility index (Phi) is 1.57. The Morgan fingerprint density at radius 3 is 2.20 bits per heavy atom. The van der Waals surface area contributed by atoms with Gasteiger partial charge in [0.2, 0.25) is 0 Å². The molecule has 0 saturated carbocycles. The number of Topliss-reactive ketones (excluding diaryl/α,β-unsaturated/α-hetero) is 1. The van der Waals surface area contributed by atoms with Crippen LogP contribution in [0.25, 0.3) is 0 Å². The first kappa shape index (κ1) is 6.99. The molecule has 3 nitrogen and oxygen atoms in total. The van der Waals surface area contributed by atoms with Crippen molar-refractivity contribution in [3.8, 4) is 0 Å². The van der Waals surface area contributed by atoms with Crippen LogP contribution in [0.15, 0.2) is 16.4 Å². The van der Waals surface area contributed by atoms with Crippen LogP contribution in [0.5, 0.6) is 0 Å². The van der Waals surface area contributed by atoms with Gasteiger partial charge < -0.3 is 0 Å². The summed E-state index contributed by atoms with van der Waals surface area (Å²) in [5.74, 6) is 0.654. The standard InChI is InChI=1S/C7H9N2O/c1-4-7(5(2)10)9-6(3)8-4/h1-3H3. The number of aliphatic imine (C=N–C) groups is 1. The summed E-state index contributed by atoms with van der Waals surface area (Å²) >= 11 is 0. The van der Waals surface area contributed by atoms with Crippen LogP contribution in [0.3, 0.4) is 0 Å². The van der Waals surface area contributed by atoms with Gasteiger partial charge in [0, 0.05) is 6.92 Å². The third-order valence-corrected chi connectivity index (χ3v) is 1.28. The molecule has 10 heavy (non-hydrogen) atoms. The molecule has 0 saturated heterocycles. The number of amidine groups is 1. The first-order valence-electron chi connectivity index (χ1n) is 3.10. The number of nitrogens with zero attached hydrogens (tertiary/aromatic N) is 2. The van der Waals surface area contributed by atoms with Gasteiger partial charge in [0.05, 0.1) is 5.70 Å². The van der Waals surface area contributed by atoms with Gasteiger partial charge in [-0.3, -0.25) is 4.79 Å². The molecule has 0 fully saturated rings. The van der Waals surface area contributed by atoms with Crippen molar-refractivity contribution in [3.63, 3.8) is 0 Å². The summed E-state index contributed by atoms with van der Waals surface area (Å²) in [4.78, 5) is 14.8. The average molecular weight is 137 g/mol. The van der Waals surface area contributed by atoms with E-state index in [-0.39, 0.29) is 5.78 Å². The lowest BCUT2D eigenvalue weighted by atomic mass is 10.3. The summed E-state index contributed by atoms with van der Waals surface area (Å²) in [6.07, 6.45) is 0. The fourth-order valence-corrected chi connectivity index (χ4v) is 0.897. The molecule has 0 atom stereocenters. The number of carbonyl (C=O) groups is 1. The third-order valence-electron chi connectivity index (χ3n) is 1.28. The van der Waals surface area contributed by atoms with Gasteiger partial charge in [-0.2, -0.15) is 0 Å². The first-order chi connectivity index (χ1) is 4.61. The fourth-order valence-electron chi connectivity index (χ4n) is 0.897. The lowest BCUT2D eigenvalue weighted by Gasteiger charge is -1.93. The van der Waals surface area contributed by atoms with Crippen molar-refractivity contribution in [1.82, 2.24) is 5.32 Å². The van der Waals surface area contributed by atoms with E-state index in [1.807, 2.05) is 0 Å². The maximum Gasteiger partial charge on any atom is 0.180 e. The highest BCUT2D eigenvalue weighted by atomic mass is 16.1. The van der Waals surface area contributed by atoms with E-state index >= 15 is 0 Å². The maximum absolute atomic E-state index is 10.8. The second kappa shape index (κ2) is 2.25.